The summed E-state index contributed by atoms with van der Waals surface area (Å²) in [5.41, 5.74) is 0.471. The minimum atomic E-state index is -4.60. The van der Waals surface area contributed by atoms with Gasteiger partial charge in [-0.1, -0.05) is 48.5 Å². The summed E-state index contributed by atoms with van der Waals surface area (Å²) < 4.78 is 40.7. The summed E-state index contributed by atoms with van der Waals surface area (Å²) >= 11 is 12.1. The summed E-state index contributed by atoms with van der Waals surface area (Å²) in [7, 11) is 0. The van der Waals surface area contributed by atoms with E-state index in [1.165, 1.54) is 30.2 Å². The molecule has 1 saturated carbocycles. The zero-order valence-corrected chi connectivity index (χ0v) is 16.8. The van der Waals surface area contributed by atoms with E-state index in [0.29, 0.717) is 10.9 Å². The van der Waals surface area contributed by atoms with Crippen LogP contribution in [0.4, 0.5) is 13.2 Å². The van der Waals surface area contributed by atoms with Gasteiger partial charge in [0.2, 0.25) is 0 Å². The lowest BCUT2D eigenvalue weighted by molar-refractivity contribution is -0.137. The van der Waals surface area contributed by atoms with E-state index in [-0.39, 0.29) is 22.5 Å². The second kappa shape index (κ2) is 7.65. The molecule has 1 heterocycles. The molecule has 1 aromatic heterocycles. The van der Waals surface area contributed by atoms with Gasteiger partial charge in [0, 0.05) is 5.02 Å². The molecule has 0 bridgehead atoms. The summed E-state index contributed by atoms with van der Waals surface area (Å²) in [6.45, 7) is 0.179. The molecule has 1 aliphatic carbocycles. The molecular weight excluding hydrogens is 424 g/mol. The van der Waals surface area contributed by atoms with Gasteiger partial charge in [-0.3, -0.25) is 9.36 Å². The van der Waals surface area contributed by atoms with Crippen molar-refractivity contribution in [2.24, 2.45) is 5.92 Å². The van der Waals surface area contributed by atoms with Gasteiger partial charge in [0.15, 0.2) is 0 Å². The van der Waals surface area contributed by atoms with Crippen molar-refractivity contribution in [1.29, 1.82) is 0 Å². The Bertz CT molecular complexity index is 1140. The van der Waals surface area contributed by atoms with Gasteiger partial charge in [0.1, 0.15) is 0 Å². The highest BCUT2D eigenvalue weighted by molar-refractivity contribution is 6.35. The van der Waals surface area contributed by atoms with Crippen molar-refractivity contribution in [1.82, 2.24) is 9.55 Å². The number of aromatic nitrogens is 2. The lowest BCUT2D eigenvalue weighted by Crippen LogP contribution is -2.23. The van der Waals surface area contributed by atoms with Crippen molar-refractivity contribution in [3.05, 3.63) is 73.7 Å². The van der Waals surface area contributed by atoms with E-state index in [4.69, 9.17) is 23.2 Å². The number of rotatable bonds is 4. The van der Waals surface area contributed by atoms with Crippen LogP contribution in [-0.2, 0) is 19.1 Å². The van der Waals surface area contributed by atoms with E-state index in [9.17, 15) is 18.0 Å². The maximum absolute atomic E-state index is 13.1. The van der Waals surface area contributed by atoms with Crippen LogP contribution in [0.3, 0.4) is 0 Å². The van der Waals surface area contributed by atoms with E-state index < -0.39 is 17.3 Å². The summed E-state index contributed by atoms with van der Waals surface area (Å²) in [5, 5.41) is 0.184. The highest BCUT2D eigenvalue weighted by Crippen LogP contribution is 2.34. The fourth-order valence-electron chi connectivity index (χ4n) is 3.64. The van der Waals surface area contributed by atoms with E-state index >= 15 is 0 Å². The topological polar surface area (TPSA) is 34.9 Å². The van der Waals surface area contributed by atoms with Crippen molar-refractivity contribution in [3.63, 3.8) is 0 Å². The first-order valence-electron chi connectivity index (χ1n) is 9.25. The third-order valence-electron chi connectivity index (χ3n) is 5.45. The minimum absolute atomic E-state index is 0.0571. The van der Waals surface area contributed by atoms with Crippen LogP contribution >= 0.6 is 23.2 Å². The van der Waals surface area contributed by atoms with E-state index in [0.717, 1.165) is 29.7 Å². The summed E-state index contributed by atoms with van der Waals surface area (Å²) in [6, 6.07) is 7.16. The second-order valence-electron chi connectivity index (χ2n) is 7.44. The number of benzene rings is 2. The Hall–Kier alpha value is -2.05. The standard InChI is InChI=1S/C21H17Cl2F3N2O/c22-16-5-4-13(6-12-2-1-3-12)14(7-16)10-28-11-27-19-17(20(28)29)8-15(9-18(19)23)21(24,25)26/h4-5,7-9,11-12H,1-3,6,10H2. The molecule has 3 nitrogen and oxygen atoms in total. The molecule has 0 amide bonds. The Labute approximate surface area is 175 Å². The third kappa shape index (κ3) is 4.14. The van der Waals surface area contributed by atoms with Gasteiger partial charge >= 0.3 is 6.18 Å². The van der Waals surface area contributed by atoms with Crippen LogP contribution in [0.5, 0.6) is 0 Å². The number of alkyl halides is 3. The van der Waals surface area contributed by atoms with Crippen LogP contribution in [0.15, 0.2) is 41.5 Å². The minimum Gasteiger partial charge on any atom is -0.294 e. The Balaban J connectivity index is 1.76. The zero-order chi connectivity index (χ0) is 20.8. The fourth-order valence-corrected chi connectivity index (χ4v) is 4.10. The van der Waals surface area contributed by atoms with Crippen molar-refractivity contribution < 1.29 is 13.2 Å². The monoisotopic (exact) mass is 440 g/mol. The largest absolute Gasteiger partial charge is 0.416 e. The number of hydrogen-bond acceptors (Lipinski definition) is 2. The predicted octanol–water partition coefficient (Wildman–Crippen LogP) is 6.11. The summed E-state index contributed by atoms with van der Waals surface area (Å²) in [6.07, 6.45) is 1.19. The van der Waals surface area contributed by atoms with E-state index in [2.05, 4.69) is 4.98 Å². The predicted molar refractivity (Wildman–Crippen MR) is 108 cm³/mol. The first-order valence-corrected chi connectivity index (χ1v) is 10.0. The lowest BCUT2D eigenvalue weighted by Gasteiger charge is -2.26. The summed E-state index contributed by atoms with van der Waals surface area (Å²) in [5.74, 6) is 0.620. The Morgan fingerprint density at radius 1 is 1.10 bits per heavy atom. The van der Waals surface area contributed by atoms with Crippen molar-refractivity contribution in [2.45, 2.75) is 38.4 Å². The van der Waals surface area contributed by atoms with Crippen LogP contribution in [0, 0.1) is 5.92 Å². The molecule has 0 saturated heterocycles. The van der Waals surface area contributed by atoms with Crippen molar-refractivity contribution >= 4 is 34.1 Å². The molecule has 0 N–H and O–H groups in total. The smallest absolute Gasteiger partial charge is 0.294 e. The maximum Gasteiger partial charge on any atom is 0.416 e. The molecule has 0 unspecified atom stereocenters. The Morgan fingerprint density at radius 3 is 2.52 bits per heavy atom. The Kier molecular flexibility index (Phi) is 5.34. The molecule has 3 aromatic rings. The van der Waals surface area contributed by atoms with Crippen LogP contribution in [-0.4, -0.2) is 9.55 Å². The van der Waals surface area contributed by atoms with Gasteiger partial charge < -0.3 is 0 Å². The van der Waals surface area contributed by atoms with Gasteiger partial charge in [-0.2, -0.15) is 13.2 Å². The Morgan fingerprint density at radius 2 is 1.86 bits per heavy atom. The fraction of sp³-hybridized carbons (Fsp3) is 0.333. The van der Waals surface area contributed by atoms with Crippen LogP contribution < -0.4 is 5.56 Å². The van der Waals surface area contributed by atoms with Crippen LogP contribution in [0.2, 0.25) is 10.0 Å². The van der Waals surface area contributed by atoms with Crippen molar-refractivity contribution in [2.75, 3.05) is 0 Å². The lowest BCUT2D eigenvalue weighted by atomic mass is 9.80. The summed E-state index contributed by atoms with van der Waals surface area (Å²) in [4.78, 5) is 17.0. The van der Waals surface area contributed by atoms with Crippen LogP contribution in [0.25, 0.3) is 10.9 Å². The first-order chi connectivity index (χ1) is 13.7. The average molecular weight is 441 g/mol. The quantitative estimate of drug-likeness (QED) is 0.490. The molecule has 152 valence electrons. The molecule has 1 aliphatic rings. The second-order valence-corrected chi connectivity index (χ2v) is 8.29. The normalized spacial score (nSPS) is 14.9. The molecule has 0 spiro atoms. The number of halogens is 5. The SMILES string of the molecule is O=c1c2cc(C(F)(F)F)cc(Cl)c2ncn1Cc1cc(Cl)ccc1CC1CCC1. The molecule has 1 fully saturated rings. The van der Waals surface area contributed by atoms with Crippen molar-refractivity contribution in [3.8, 4) is 0 Å². The van der Waals surface area contributed by atoms with Crippen LogP contribution in [0.1, 0.15) is 36.0 Å². The van der Waals surface area contributed by atoms with Gasteiger partial charge in [-0.15, -0.1) is 0 Å². The maximum atomic E-state index is 13.1. The highest BCUT2D eigenvalue weighted by atomic mass is 35.5. The van der Waals surface area contributed by atoms with Gasteiger partial charge in [0.25, 0.3) is 5.56 Å². The number of nitrogens with zero attached hydrogens (tertiary/aromatic N) is 2. The first kappa shape index (κ1) is 20.2. The molecule has 4 rings (SSSR count). The molecular formula is C21H17Cl2F3N2O. The van der Waals surface area contributed by atoms with Gasteiger partial charge in [-0.05, 0) is 47.7 Å². The zero-order valence-electron chi connectivity index (χ0n) is 15.3. The molecule has 2 aromatic carbocycles. The molecule has 0 atom stereocenters. The van der Waals surface area contributed by atoms with E-state index in [1.54, 1.807) is 6.07 Å². The number of fused-ring (bicyclic) bond motifs is 1. The molecule has 8 heteroatoms. The van der Waals surface area contributed by atoms with Gasteiger partial charge in [0.05, 0.1) is 34.4 Å². The highest BCUT2D eigenvalue weighted by Gasteiger charge is 2.32. The van der Waals surface area contributed by atoms with E-state index in [1.807, 2.05) is 12.1 Å². The number of hydrogen-bond donors (Lipinski definition) is 0. The third-order valence-corrected chi connectivity index (χ3v) is 5.97. The molecule has 0 aliphatic heterocycles. The molecule has 0 radical (unpaired) electrons. The average Bonchev–Trinajstić information content (AvgIpc) is 2.61. The molecule has 29 heavy (non-hydrogen) atoms. The van der Waals surface area contributed by atoms with Gasteiger partial charge in [-0.25, -0.2) is 4.98 Å².